The van der Waals surface area contributed by atoms with E-state index < -0.39 is 0 Å². The molecule has 2 nitrogen and oxygen atoms in total. The molecule has 96 valence electrons. The van der Waals surface area contributed by atoms with Crippen LogP contribution in [0.5, 0.6) is 0 Å². The van der Waals surface area contributed by atoms with Crippen LogP contribution in [0.3, 0.4) is 0 Å². The molecule has 0 spiro atoms. The molecule has 1 fully saturated rings. The van der Waals surface area contributed by atoms with Crippen molar-refractivity contribution in [2.45, 2.75) is 57.7 Å². The Kier molecular flexibility index (Phi) is 5.01. The summed E-state index contributed by atoms with van der Waals surface area (Å²) in [6, 6.07) is 3.63. The van der Waals surface area contributed by atoms with Gasteiger partial charge in [-0.1, -0.05) is 19.8 Å². The summed E-state index contributed by atoms with van der Waals surface area (Å²) < 4.78 is 0. The molecule has 1 saturated carbocycles. The monoisotopic (exact) mass is 252 g/mol. The van der Waals surface area contributed by atoms with Crippen molar-refractivity contribution in [2.75, 3.05) is 6.54 Å². The lowest BCUT2D eigenvalue weighted by Gasteiger charge is -2.31. The van der Waals surface area contributed by atoms with Crippen LogP contribution in [-0.2, 0) is 6.54 Å². The van der Waals surface area contributed by atoms with E-state index in [1.807, 2.05) is 0 Å². The molecule has 17 heavy (non-hydrogen) atoms. The minimum atomic E-state index is 0.586. The number of nitrogens with two attached hydrogens (primary N) is 1. The highest BCUT2D eigenvalue weighted by Gasteiger charge is 2.33. The Morgan fingerprint density at radius 1 is 1.53 bits per heavy atom. The average Bonchev–Trinajstić information content (AvgIpc) is 3.06. The Morgan fingerprint density at radius 3 is 2.88 bits per heavy atom. The second kappa shape index (κ2) is 6.53. The normalized spacial score (nSPS) is 17.6. The second-order valence-corrected chi connectivity index (χ2v) is 5.85. The SMILES string of the molecule is CCCCC(CN)N(Cc1ccsc1)C1CC1. The van der Waals surface area contributed by atoms with Gasteiger partial charge in [0.25, 0.3) is 0 Å². The zero-order valence-corrected chi connectivity index (χ0v) is 11.6. The number of unbranched alkanes of at least 4 members (excludes halogenated alkanes) is 1. The van der Waals surface area contributed by atoms with Gasteiger partial charge in [-0.2, -0.15) is 11.3 Å². The van der Waals surface area contributed by atoms with E-state index in [0.29, 0.717) is 6.04 Å². The predicted octanol–water partition coefficient (Wildman–Crippen LogP) is 3.23. The third-order valence-electron chi connectivity index (χ3n) is 3.59. The zero-order chi connectivity index (χ0) is 12.1. The van der Waals surface area contributed by atoms with Crippen LogP contribution in [0.1, 0.15) is 44.6 Å². The maximum Gasteiger partial charge on any atom is 0.0248 e. The number of nitrogens with zero attached hydrogens (tertiary/aromatic N) is 1. The summed E-state index contributed by atoms with van der Waals surface area (Å²) in [6.45, 7) is 4.16. The first kappa shape index (κ1) is 13.1. The molecule has 1 unspecified atom stereocenters. The fourth-order valence-electron chi connectivity index (χ4n) is 2.41. The van der Waals surface area contributed by atoms with Gasteiger partial charge in [0.1, 0.15) is 0 Å². The summed E-state index contributed by atoms with van der Waals surface area (Å²) in [5.41, 5.74) is 7.43. The van der Waals surface area contributed by atoms with E-state index in [1.54, 1.807) is 11.3 Å². The van der Waals surface area contributed by atoms with E-state index in [-0.39, 0.29) is 0 Å². The molecule has 0 bridgehead atoms. The van der Waals surface area contributed by atoms with Crippen molar-refractivity contribution < 1.29 is 0 Å². The molecule has 0 saturated heterocycles. The van der Waals surface area contributed by atoms with Gasteiger partial charge in [-0.25, -0.2) is 0 Å². The number of rotatable bonds is 8. The molecule has 1 heterocycles. The van der Waals surface area contributed by atoms with E-state index in [9.17, 15) is 0 Å². The first-order valence-corrected chi connectivity index (χ1v) is 7.76. The van der Waals surface area contributed by atoms with E-state index in [4.69, 9.17) is 5.73 Å². The Labute approximate surface area is 109 Å². The average molecular weight is 252 g/mol. The van der Waals surface area contributed by atoms with Crippen molar-refractivity contribution in [2.24, 2.45) is 5.73 Å². The van der Waals surface area contributed by atoms with Crippen LogP contribution in [-0.4, -0.2) is 23.5 Å². The standard InChI is InChI=1S/C14H24N2S/c1-2-3-4-14(9-15)16(13-5-6-13)10-12-7-8-17-11-12/h7-8,11,13-14H,2-6,9-10,15H2,1H3. The summed E-state index contributed by atoms with van der Waals surface area (Å²) in [7, 11) is 0. The van der Waals surface area contributed by atoms with Crippen molar-refractivity contribution in [3.8, 4) is 0 Å². The fourth-order valence-corrected chi connectivity index (χ4v) is 3.07. The van der Waals surface area contributed by atoms with Crippen LogP contribution in [0.4, 0.5) is 0 Å². The highest BCUT2D eigenvalue weighted by molar-refractivity contribution is 7.07. The van der Waals surface area contributed by atoms with Crippen LogP contribution in [0.25, 0.3) is 0 Å². The lowest BCUT2D eigenvalue weighted by Crippen LogP contribution is -2.41. The Balaban J connectivity index is 1.94. The van der Waals surface area contributed by atoms with Crippen molar-refractivity contribution in [3.63, 3.8) is 0 Å². The first-order valence-electron chi connectivity index (χ1n) is 6.82. The van der Waals surface area contributed by atoms with Gasteiger partial charge in [0.05, 0.1) is 0 Å². The van der Waals surface area contributed by atoms with Crippen molar-refractivity contribution in [1.29, 1.82) is 0 Å². The molecule has 2 rings (SSSR count). The minimum Gasteiger partial charge on any atom is -0.329 e. The molecular weight excluding hydrogens is 228 g/mol. The van der Waals surface area contributed by atoms with E-state index in [2.05, 4.69) is 28.7 Å². The van der Waals surface area contributed by atoms with Gasteiger partial charge in [-0.15, -0.1) is 0 Å². The van der Waals surface area contributed by atoms with Crippen molar-refractivity contribution >= 4 is 11.3 Å². The molecule has 2 N–H and O–H groups in total. The fraction of sp³-hybridized carbons (Fsp3) is 0.714. The van der Waals surface area contributed by atoms with Gasteiger partial charge in [-0.05, 0) is 41.7 Å². The maximum atomic E-state index is 5.97. The highest BCUT2D eigenvalue weighted by atomic mass is 32.1. The van der Waals surface area contributed by atoms with Gasteiger partial charge < -0.3 is 5.73 Å². The molecule has 1 aromatic rings. The molecule has 1 aliphatic carbocycles. The molecule has 3 heteroatoms. The van der Waals surface area contributed by atoms with E-state index >= 15 is 0 Å². The molecular formula is C14H24N2S. The topological polar surface area (TPSA) is 29.3 Å². The van der Waals surface area contributed by atoms with Gasteiger partial charge in [0.2, 0.25) is 0 Å². The van der Waals surface area contributed by atoms with Gasteiger partial charge in [0.15, 0.2) is 0 Å². The third-order valence-corrected chi connectivity index (χ3v) is 4.33. The molecule has 1 aromatic heterocycles. The van der Waals surface area contributed by atoms with Gasteiger partial charge >= 0.3 is 0 Å². The lowest BCUT2D eigenvalue weighted by atomic mass is 10.1. The first-order chi connectivity index (χ1) is 8.35. The third kappa shape index (κ3) is 3.80. The smallest absolute Gasteiger partial charge is 0.0248 e. The lowest BCUT2D eigenvalue weighted by molar-refractivity contribution is 0.170. The Hall–Kier alpha value is -0.380. The summed E-state index contributed by atoms with van der Waals surface area (Å²) in [6.07, 6.45) is 6.56. The molecule has 0 aliphatic heterocycles. The zero-order valence-electron chi connectivity index (χ0n) is 10.8. The number of hydrogen-bond donors (Lipinski definition) is 1. The van der Waals surface area contributed by atoms with Crippen LogP contribution in [0.15, 0.2) is 16.8 Å². The van der Waals surface area contributed by atoms with Gasteiger partial charge in [0, 0.05) is 25.2 Å². The largest absolute Gasteiger partial charge is 0.329 e. The van der Waals surface area contributed by atoms with E-state index in [1.165, 1.54) is 37.7 Å². The van der Waals surface area contributed by atoms with Crippen molar-refractivity contribution in [1.82, 2.24) is 4.90 Å². The minimum absolute atomic E-state index is 0.586. The van der Waals surface area contributed by atoms with Crippen LogP contribution >= 0.6 is 11.3 Å². The van der Waals surface area contributed by atoms with Crippen molar-refractivity contribution in [3.05, 3.63) is 22.4 Å². The summed E-state index contributed by atoms with van der Waals surface area (Å²) in [5.74, 6) is 0. The number of thiophene rings is 1. The Bertz CT molecular complexity index is 306. The summed E-state index contributed by atoms with van der Waals surface area (Å²) in [4.78, 5) is 2.65. The van der Waals surface area contributed by atoms with Crippen LogP contribution in [0, 0.1) is 0 Å². The molecule has 0 aromatic carbocycles. The molecule has 1 atom stereocenters. The predicted molar refractivity (Wildman–Crippen MR) is 75.3 cm³/mol. The maximum absolute atomic E-state index is 5.97. The Morgan fingerprint density at radius 2 is 2.35 bits per heavy atom. The van der Waals surface area contributed by atoms with Crippen LogP contribution < -0.4 is 5.73 Å². The summed E-state index contributed by atoms with van der Waals surface area (Å²) in [5, 5.41) is 4.44. The summed E-state index contributed by atoms with van der Waals surface area (Å²) >= 11 is 1.79. The molecule has 0 radical (unpaired) electrons. The quantitative estimate of drug-likeness (QED) is 0.769. The van der Waals surface area contributed by atoms with Gasteiger partial charge in [-0.3, -0.25) is 4.90 Å². The highest BCUT2D eigenvalue weighted by Crippen LogP contribution is 2.31. The molecule has 1 aliphatic rings. The van der Waals surface area contributed by atoms with Crippen LogP contribution in [0.2, 0.25) is 0 Å². The van der Waals surface area contributed by atoms with E-state index in [0.717, 1.165) is 19.1 Å². The molecule has 0 amide bonds. The number of hydrogen-bond acceptors (Lipinski definition) is 3. The second-order valence-electron chi connectivity index (χ2n) is 5.07.